The predicted molar refractivity (Wildman–Crippen MR) is 179 cm³/mol. The third-order valence-electron chi connectivity index (χ3n) is 14.4. The lowest BCUT2D eigenvalue weighted by atomic mass is 9.32. The van der Waals surface area contributed by atoms with Crippen LogP contribution in [0.1, 0.15) is 105 Å². The maximum absolute atomic E-state index is 14.1. The molecule has 9 atom stereocenters. The van der Waals surface area contributed by atoms with Gasteiger partial charge in [-0.05, 0) is 162 Å². The number of fused-ring (bicyclic) bond motifs is 7. The van der Waals surface area contributed by atoms with E-state index < -0.39 is 0 Å². The minimum atomic E-state index is -0.372. The molecule has 0 unspecified atom stereocenters. The van der Waals surface area contributed by atoms with Gasteiger partial charge in [0.25, 0.3) is 0 Å². The minimum Gasteiger partial charge on any atom is -0.469 e. The van der Waals surface area contributed by atoms with Gasteiger partial charge in [0.15, 0.2) is 5.78 Å². The van der Waals surface area contributed by atoms with Gasteiger partial charge in [-0.15, -0.1) is 0 Å². The summed E-state index contributed by atoms with van der Waals surface area (Å²) in [6.07, 6.45) is 11.7. The van der Waals surface area contributed by atoms with E-state index in [1.165, 1.54) is 22.0 Å². The van der Waals surface area contributed by atoms with Crippen molar-refractivity contribution in [1.29, 1.82) is 0 Å². The number of hydrogen-bond acceptors (Lipinski definition) is 3. The van der Waals surface area contributed by atoms with Crippen LogP contribution in [0.15, 0.2) is 42.0 Å². The van der Waals surface area contributed by atoms with Crippen LogP contribution in [0, 0.1) is 60.2 Å². The van der Waals surface area contributed by atoms with Crippen LogP contribution in [0.4, 0.5) is 0 Å². The Morgan fingerprint density at radius 1 is 0.976 bits per heavy atom. The van der Waals surface area contributed by atoms with E-state index >= 15 is 0 Å². The van der Waals surface area contributed by atoms with Crippen LogP contribution in [0.3, 0.4) is 0 Å². The molecular formula is C38H51IO3. The van der Waals surface area contributed by atoms with Crippen molar-refractivity contribution in [2.45, 2.75) is 99.3 Å². The molecule has 0 spiro atoms. The number of rotatable bonds is 3. The van der Waals surface area contributed by atoms with Crippen molar-refractivity contribution in [3.63, 3.8) is 0 Å². The largest absolute Gasteiger partial charge is 0.469 e. The van der Waals surface area contributed by atoms with Gasteiger partial charge in [-0.2, -0.15) is 0 Å². The van der Waals surface area contributed by atoms with Gasteiger partial charge in [-0.3, -0.25) is 9.59 Å². The molecule has 6 rings (SSSR count). The van der Waals surface area contributed by atoms with Gasteiger partial charge in [0.1, 0.15) is 0 Å². The average Bonchev–Trinajstić information content (AvgIpc) is 3.33. The van der Waals surface area contributed by atoms with Gasteiger partial charge in [-0.1, -0.05) is 58.9 Å². The number of esters is 1. The first-order valence-corrected chi connectivity index (χ1v) is 17.5. The summed E-state index contributed by atoms with van der Waals surface area (Å²) >= 11 is 2.36. The number of allylic oxidation sites excluding steroid dienone is 2. The molecule has 5 aliphatic carbocycles. The van der Waals surface area contributed by atoms with Gasteiger partial charge in [-0.25, -0.2) is 0 Å². The van der Waals surface area contributed by atoms with Crippen LogP contribution in [-0.2, 0) is 14.3 Å². The summed E-state index contributed by atoms with van der Waals surface area (Å²) in [7, 11) is 1.59. The van der Waals surface area contributed by atoms with E-state index in [0.29, 0.717) is 35.4 Å². The van der Waals surface area contributed by atoms with E-state index in [1.54, 1.807) is 7.11 Å². The molecule has 1 aromatic rings. The summed E-state index contributed by atoms with van der Waals surface area (Å²) < 4.78 is 6.75. The second kappa shape index (κ2) is 10.0. The van der Waals surface area contributed by atoms with Gasteiger partial charge >= 0.3 is 5.97 Å². The lowest BCUT2D eigenvalue weighted by Gasteiger charge is -2.72. The number of ketones is 1. The number of benzene rings is 1. The fourth-order valence-corrected chi connectivity index (χ4v) is 13.0. The van der Waals surface area contributed by atoms with Gasteiger partial charge in [0.05, 0.1) is 12.5 Å². The maximum atomic E-state index is 14.1. The molecule has 42 heavy (non-hydrogen) atoms. The molecule has 5 fully saturated rings. The van der Waals surface area contributed by atoms with E-state index in [4.69, 9.17) is 4.74 Å². The first kappa shape index (κ1) is 30.6. The normalized spacial score (nSPS) is 44.9. The summed E-state index contributed by atoms with van der Waals surface area (Å²) in [6, 6.07) is 8.53. The smallest absolute Gasteiger partial charge is 0.312 e. The Morgan fingerprint density at radius 2 is 1.71 bits per heavy atom. The van der Waals surface area contributed by atoms with Crippen LogP contribution in [0.5, 0.6) is 0 Å². The second-order valence-corrected chi connectivity index (χ2v) is 17.5. The van der Waals surface area contributed by atoms with Crippen molar-refractivity contribution in [3.8, 4) is 0 Å². The second-order valence-electron chi connectivity index (χ2n) is 16.3. The van der Waals surface area contributed by atoms with Gasteiger partial charge in [0, 0.05) is 8.99 Å². The summed E-state index contributed by atoms with van der Waals surface area (Å²) in [5.74, 6) is 2.53. The first-order chi connectivity index (χ1) is 19.7. The molecule has 3 nitrogen and oxygen atoms in total. The van der Waals surface area contributed by atoms with Crippen molar-refractivity contribution in [2.75, 3.05) is 7.11 Å². The average molecular weight is 683 g/mol. The van der Waals surface area contributed by atoms with Crippen molar-refractivity contribution < 1.29 is 14.3 Å². The van der Waals surface area contributed by atoms with E-state index in [-0.39, 0.29) is 33.0 Å². The summed E-state index contributed by atoms with van der Waals surface area (Å²) in [4.78, 5) is 27.6. The number of halogens is 1. The standard InChI is InChI=1S/C38H51IO3/c1-23(2)27-14-17-38(33(41)42-8)19-18-36(6)28(31(27)38)12-13-30-35(5)22-25(20-24-10-9-11-26(39)21-24)32(40)34(3,4)29(35)15-16-37(30,36)7/h9-11,20-21,27-31H,1,12-19,22H2,2-8H3/b25-20-/t27-,28+,29+,30+,31+,35-,36+,37+,38-/m0/s1. The molecule has 0 aromatic heterocycles. The van der Waals surface area contributed by atoms with Crippen LogP contribution in [0.25, 0.3) is 6.08 Å². The monoisotopic (exact) mass is 682 g/mol. The highest BCUT2D eigenvalue weighted by molar-refractivity contribution is 14.1. The molecular weight excluding hydrogens is 631 g/mol. The Kier molecular flexibility index (Phi) is 7.31. The lowest BCUT2D eigenvalue weighted by Crippen LogP contribution is -2.67. The Balaban J connectivity index is 1.42. The molecule has 0 aliphatic heterocycles. The molecule has 0 N–H and O–H groups in total. The highest BCUT2D eigenvalue weighted by Gasteiger charge is 2.72. The zero-order valence-electron chi connectivity index (χ0n) is 26.9. The van der Waals surface area contributed by atoms with E-state index in [9.17, 15) is 9.59 Å². The molecule has 228 valence electrons. The predicted octanol–water partition coefficient (Wildman–Crippen LogP) is 9.68. The Labute approximate surface area is 267 Å². The van der Waals surface area contributed by atoms with Crippen LogP contribution < -0.4 is 0 Å². The van der Waals surface area contributed by atoms with E-state index in [2.05, 4.69) is 101 Å². The number of carbonyl (C=O) groups excluding carboxylic acids is 2. The van der Waals surface area contributed by atoms with E-state index in [0.717, 1.165) is 56.1 Å². The topological polar surface area (TPSA) is 43.4 Å². The highest BCUT2D eigenvalue weighted by Crippen LogP contribution is 2.77. The number of ether oxygens (including phenoxy) is 1. The quantitative estimate of drug-likeness (QED) is 0.138. The molecule has 0 radical (unpaired) electrons. The highest BCUT2D eigenvalue weighted by atomic mass is 127. The van der Waals surface area contributed by atoms with Crippen LogP contribution in [0.2, 0.25) is 0 Å². The number of methoxy groups -OCH3 is 1. The molecule has 0 heterocycles. The maximum Gasteiger partial charge on any atom is 0.312 e. The van der Waals surface area contributed by atoms with Crippen molar-refractivity contribution >= 4 is 40.4 Å². The molecule has 0 saturated heterocycles. The van der Waals surface area contributed by atoms with Crippen LogP contribution >= 0.6 is 22.6 Å². The van der Waals surface area contributed by atoms with Crippen molar-refractivity contribution in [1.82, 2.24) is 0 Å². The Hall–Kier alpha value is -1.43. The first-order valence-electron chi connectivity index (χ1n) is 16.4. The van der Waals surface area contributed by atoms with Crippen LogP contribution in [-0.4, -0.2) is 18.9 Å². The van der Waals surface area contributed by atoms with Gasteiger partial charge in [0.2, 0.25) is 0 Å². The van der Waals surface area contributed by atoms with Crippen molar-refractivity contribution in [2.24, 2.45) is 56.7 Å². The number of Topliss-reactive ketones (excluding diaryl/α,β-unsaturated/α-hetero) is 1. The summed E-state index contributed by atoms with van der Waals surface area (Å²) in [5, 5.41) is 0. The molecule has 5 saturated carbocycles. The Morgan fingerprint density at radius 3 is 2.38 bits per heavy atom. The fraction of sp³-hybridized carbons (Fsp3) is 0.684. The zero-order valence-corrected chi connectivity index (χ0v) is 29.1. The van der Waals surface area contributed by atoms with Gasteiger partial charge < -0.3 is 4.74 Å². The zero-order chi connectivity index (χ0) is 30.5. The summed E-state index contributed by atoms with van der Waals surface area (Å²) in [5.41, 5.74) is 3.05. The van der Waals surface area contributed by atoms with E-state index in [1.807, 2.05) is 0 Å². The number of carbonyl (C=O) groups is 2. The molecule has 1 aromatic carbocycles. The molecule has 0 amide bonds. The number of hydrogen-bond donors (Lipinski definition) is 0. The van der Waals surface area contributed by atoms with Crippen molar-refractivity contribution in [3.05, 3.63) is 51.1 Å². The minimum absolute atomic E-state index is 0.0270. The molecule has 4 heteroatoms. The molecule has 5 aliphatic rings. The third kappa shape index (κ3) is 4.01. The fourth-order valence-electron chi connectivity index (χ4n) is 12.5. The summed E-state index contributed by atoms with van der Waals surface area (Å²) in [6.45, 7) is 18.9. The SMILES string of the molecule is C=C(C)[C@@H]1CC[C@]2(C(=O)OC)CC[C@]3(C)[C@H](CC[C@@H]4[C@@]5(C)C/C(=C/c6cccc(I)c6)C(=O)C(C)(C)[C@H]5CC[C@]43C)[C@@H]12. The Bertz CT molecular complexity index is 1360. The lowest BCUT2D eigenvalue weighted by molar-refractivity contribution is -0.232. The third-order valence-corrected chi connectivity index (χ3v) is 15.1. The molecule has 0 bridgehead atoms.